The normalized spacial score (nSPS) is 18.7. The number of ether oxygens (including phenoxy) is 1. The predicted molar refractivity (Wildman–Crippen MR) is 113 cm³/mol. The first-order valence-corrected chi connectivity index (χ1v) is 10.1. The summed E-state index contributed by atoms with van der Waals surface area (Å²) in [6, 6.07) is 14.8. The predicted octanol–water partition coefficient (Wildman–Crippen LogP) is 5.30. The van der Waals surface area contributed by atoms with E-state index in [1.807, 2.05) is 0 Å². The molecule has 0 radical (unpaired) electrons. The minimum Gasteiger partial charge on any atom is -0.437 e. The number of aromatic nitrogens is 1. The zero-order chi connectivity index (χ0) is 22.0. The highest BCUT2D eigenvalue weighted by Crippen LogP contribution is 2.38. The van der Waals surface area contributed by atoms with Gasteiger partial charge in [-0.1, -0.05) is 29.8 Å². The highest BCUT2D eigenvalue weighted by molar-refractivity contribution is 6.33. The van der Waals surface area contributed by atoms with Crippen molar-refractivity contribution in [1.82, 2.24) is 4.98 Å². The smallest absolute Gasteiger partial charge is 0.416 e. The SMILES string of the molecule is O=C1O[C@@](CCO)(c2ccc(F)cc2)CCN1c1cccc(-c2ccc(F)cc2Cl)n1. The van der Waals surface area contributed by atoms with Gasteiger partial charge in [0, 0.05) is 31.6 Å². The van der Waals surface area contributed by atoms with Crippen molar-refractivity contribution < 1.29 is 23.4 Å². The van der Waals surface area contributed by atoms with E-state index in [4.69, 9.17) is 16.3 Å². The lowest BCUT2D eigenvalue weighted by Gasteiger charge is -2.41. The van der Waals surface area contributed by atoms with E-state index in [2.05, 4.69) is 4.98 Å². The second-order valence-electron chi connectivity index (χ2n) is 7.25. The summed E-state index contributed by atoms with van der Waals surface area (Å²) < 4.78 is 32.5. The van der Waals surface area contributed by atoms with Crippen molar-refractivity contribution in [1.29, 1.82) is 0 Å². The van der Waals surface area contributed by atoms with Gasteiger partial charge in [0.25, 0.3) is 0 Å². The second-order valence-corrected chi connectivity index (χ2v) is 7.66. The molecule has 1 amide bonds. The second kappa shape index (κ2) is 8.61. The van der Waals surface area contributed by atoms with Gasteiger partial charge >= 0.3 is 6.09 Å². The van der Waals surface area contributed by atoms with Crippen molar-refractivity contribution in [2.24, 2.45) is 0 Å². The standard InChI is InChI=1S/C23H19ClF2N2O3/c24-19-14-17(26)8-9-18(19)20-2-1-3-21(27-20)28-12-10-23(11-13-29,31-22(28)30)15-4-6-16(25)7-5-15/h1-9,14,29H,10-13H2/t23-/m0/s1. The first-order chi connectivity index (χ1) is 14.9. The van der Waals surface area contributed by atoms with Crippen molar-refractivity contribution in [3.8, 4) is 11.3 Å². The van der Waals surface area contributed by atoms with Crippen LogP contribution in [0, 0.1) is 11.6 Å². The van der Waals surface area contributed by atoms with Gasteiger partial charge in [-0.3, -0.25) is 4.90 Å². The van der Waals surface area contributed by atoms with E-state index in [-0.39, 0.29) is 24.6 Å². The van der Waals surface area contributed by atoms with Crippen molar-refractivity contribution >= 4 is 23.5 Å². The third-order valence-corrected chi connectivity index (χ3v) is 5.66. The maximum Gasteiger partial charge on any atom is 0.416 e. The van der Waals surface area contributed by atoms with E-state index < -0.39 is 23.3 Å². The molecular weight excluding hydrogens is 426 g/mol. The third kappa shape index (κ3) is 4.24. The molecule has 8 heteroatoms. The number of hydrogen-bond acceptors (Lipinski definition) is 4. The number of carbonyl (C=O) groups is 1. The van der Waals surface area contributed by atoms with Gasteiger partial charge in [0.2, 0.25) is 0 Å². The molecule has 2 aromatic carbocycles. The Hall–Kier alpha value is -3.03. The van der Waals surface area contributed by atoms with Gasteiger partial charge in [-0.05, 0) is 48.0 Å². The highest BCUT2D eigenvalue weighted by atomic mass is 35.5. The molecule has 1 aromatic heterocycles. The molecule has 0 aliphatic carbocycles. The van der Waals surface area contributed by atoms with Crippen LogP contribution in [0.5, 0.6) is 0 Å². The highest BCUT2D eigenvalue weighted by Gasteiger charge is 2.42. The van der Waals surface area contributed by atoms with E-state index in [1.165, 1.54) is 35.2 Å². The van der Waals surface area contributed by atoms with Crippen LogP contribution in [0.25, 0.3) is 11.3 Å². The molecule has 1 aliphatic rings. The molecule has 0 spiro atoms. The Kier molecular flexibility index (Phi) is 5.89. The fraction of sp³-hybridized carbons (Fsp3) is 0.217. The van der Waals surface area contributed by atoms with Crippen LogP contribution in [0.1, 0.15) is 18.4 Å². The number of nitrogens with zero attached hydrogens (tertiary/aromatic N) is 2. The number of benzene rings is 2. The molecule has 1 atom stereocenters. The van der Waals surface area contributed by atoms with Crippen LogP contribution in [-0.2, 0) is 10.3 Å². The monoisotopic (exact) mass is 444 g/mol. The van der Waals surface area contributed by atoms with Crippen LogP contribution in [0.3, 0.4) is 0 Å². The summed E-state index contributed by atoms with van der Waals surface area (Å²) in [5.41, 5.74) is 0.599. The summed E-state index contributed by atoms with van der Waals surface area (Å²) in [6.45, 7) is 0.0886. The van der Waals surface area contributed by atoms with Crippen LogP contribution < -0.4 is 4.90 Å². The Balaban J connectivity index is 1.61. The fourth-order valence-electron chi connectivity index (χ4n) is 3.74. The number of hydrogen-bond donors (Lipinski definition) is 1. The Labute approximate surface area is 182 Å². The maximum absolute atomic E-state index is 13.4. The molecule has 1 saturated heterocycles. The van der Waals surface area contributed by atoms with Gasteiger partial charge < -0.3 is 9.84 Å². The number of aliphatic hydroxyl groups is 1. The molecule has 2 heterocycles. The van der Waals surface area contributed by atoms with Gasteiger partial charge in [-0.2, -0.15) is 0 Å². The van der Waals surface area contributed by atoms with E-state index in [9.17, 15) is 18.7 Å². The largest absolute Gasteiger partial charge is 0.437 e. The lowest BCUT2D eigenvalue weighted by molar-refractivity contribution is -0.0259. The third-order valence-electron chi connectivity index (χ3n) is 5.35. The van der Waals surface area contributed by atoms with Crippen LogP contribution in [0.15, 0.2) is 60.7 Å². The van der Waals surface area contributed by atoms with Crippen LogP contribution in [-0.4, -0.2) is 29.3 Å². The minimum absolute atomic E-state index is 0.191. The molecular formula is C23H19ClF2N2O3. The Morgan fingerprint density at radius 1 is 1.10 bits per heavy atom. The molecule has 3 aromatic rings. The van der Waals surface area contributed by atoms with Gasteiger partial charge in [0.15, 0.2) is 0 Å². The summed E-state index contributed by atoms with van der Waals surface area (Å²) in [7, 11) is 0. The molecule has 4 rings (SSSR count). The molecule has 1 aliphatic heterocycles. The zero-order valence-corrected chi connectivity index (χ0v) is 17.1. The molecule has 5 nitrogen and oxygen atoms in total. The molecule has 160 valence electrons. The maximum atomic E-state index is 13.4. The summed E-state index contributed by atoms with van der Waals surface area (Å²) in [6.07, 6.45) is -0.0516. The van der Waals surface area contributed by atoms with Crippen molar-refractivity contribution in [2.75, 3.05) is 18.1 Å². The number of pyridine rings is 1. The van der Waals surface area contributed by atoms with Crippen LogP contribution in [0.2, 0.25) is 5.02 Å². The molecule has 1 fully saturated rings. The van der Waals surface area contributed by atoms with Crippen LogP contribution in [0.4, 0.5) is 19.4 Å². The lowest BCUT2D eigenvalue weighted by atomic mass is 9.86. The van der Waals surface area contributed by atoms with E-state index in [0.29, 0.717) is 29.1 Å². The zero-order valence-electron chi connectivity index (χ0n) is 16.4. The van der Waals surface area contributed by atoms with E-state index in [1.54, 1.807) is 30.3 Å². The first-order valence-electron chi connectivity index (χ1n) is 9.72. The number of carbonyl (C=O) groups excluding carboxylic acids is 1. The van der Waals surface area contributed by atoms with Gasteiger partial charge in [0.05, 0.1) is 10.7 Å². The van der Waals surface area contributed by atoms with E-state index >= 15 is 0 Å². The Morgan fingerprint density at radius 2 is 1.84 bits per heavy atom. The molecule has 1 N–H and O–H groups in total. The van der Waals surface area contributed by atoms with Gasteiger partial charge in [0.1, 0.15) is 23.1 Å². The number of rotatable bonds is 5. The number of cyclic esters (lactones) is 1. The summed E-state index contributed by atoms with van der Waals surface area (Å²) in [5.74, 6) is -0.489. The average molecular weight is 445 g/mol. The number of amides is 1. The minimum atomic E-state index is -1.05. The van der Waals surface area contributed by atoms with E-state index in [0.717, 1.165) is 0 Å². The van der Waals surface area contributed by atoms with Gasteiger partial charge in [-0.15, -0.1) is 0 Å². The topological polar surface area (TPSA) is 62.7 Å². The van der Waals surface area contributed by atoms with Crippen molar-refractivity contribution in [2.45, 2.75) is 18.4 Å². The average Bonchev–Trinajstić information content (AvgIpc) is 2.74. The molecule has 31 heavy (non-hydrogen) atoms. The number of aliphatic hydroxyl groups excluding tert-OH is 1. The molecule has 0 bridgehead atoms. The lowest BCUT2D eigenvalue weighted by Crippen LogP contribution is -2.48. The van der Waals surface area contributed by atoms with Crippen molar-refractivity contribution in [3.05, 3.63) is 82.9 Å². The molecule has 0 saturated carbocycles. The number of halogens is 3. The Morgan fingerprint density at radius 3 is 2.52 bits per heavy atom. The quantitative estimate of drug-likeness (QED) is 0.579. The Bertz CT molecular complexity index is 1110. The first kappa shape index (κ1) is 21.2. The molecule has 0 unspecified atom stereocenters. The van der Waals surface area contributed by atoms with Crippen LogP contribution >= 0.6 is 11.6 Å². The fourth-order valence-corrected chi connectivity index (χ4v) is 4.01. The summed E-state index contributed by atoms with van der Waals surface area (Å²) in [5, 5.41) is 9.76. The number of anilines is 1. The summed E-state index contributed by atoms with van der Waals surface area (Å²) in [4.78, 5) is 18.8. The van der Waals surface area contributed by atoms with Crippen molar-refractivity contribution in [3.63, 3.8) is 0 Å². The summed E-state index contributed by atoms with van der Waals surface area (Å²) >= 11 is 6.15. The van der Waals surface area contributed by atoms with Gasteiger partial charge in [-0.25, -0.2) is 18.6 Å².